The fourth-order valence-electron chi connectivity index (χ4n) is 0.874. The number of hydrogen-bond acceptors (Lipinski definition) is 3. The molecule has 2 N–H and O–H groups in total. The highest BCUT2D eigenvalue weighted by Gasteiger charge is 1.98. The van der Waals surface area contributed by atoms with Gasteiger partial charge in [-0.3, -0.25) is 0 Å². The van der Waals surface area contributed by atoms with E-state index in [0.717, 1.165) is 9.22 Å². The summed E-state index contributed by atoms with van der Waals surface area (Å²) >= 11 is 2.22. The van der Waals surface area contributed by atoms with Crippen LogP contribution in [0.15, 0.2) is 18.3 Å². The van der Waals surface area contributed by atoms with Crippen LogP contribution in [0.1, 0.15) is 0 Å². The van der Waals surface area contributed by atoms with Gasteiger partial charge in [0.25, 0.3) is 0 Å². The second-order valence-electron chi connectivity index (χ2n) is 2.12. The summed E-state index contributed by atoms with van der Waals surface area (Å²) in [4.78, 5) is 4.00. The average molecular weight is 260 g/mol. The van der Waals surface area contributed by atoms with Crippen molar-refractivity contribution < 1.29 is 0 Å². The van der Waals surface area contributed by atoms with Crippen molar-refractivity contribution in [2.24, 2.45) is 0 Å². The van der Waals surface area contributed by atoms with Crippen molar-refractivity contribution in [2.45, 2.75) is 0 Å². The lowest BCUT2D eigenvalue weighted by atomic mass is 10.5. The summed E-state index contributed by atoms with van der Waals surface area (Å²) in [6.07, 6.45) is 1.83. The molecular formula is C6H5IN4. The van der Waals surface area contributed by atoms with E-state index in [0.29, 0.717) is 5.95 Å². The Morgan fingerprint density at radius 1 is 1.55 bits per heavy atom. The predicted molar refractivity (Wildman–Crippen MR) is 50.1 cm³/mol. The fraction of sp³-hybridized carbons (Fsp3) is 0. The van der Waals surface area contributed by atoms with Gasteiger partial charge in [-0.15, -0.1) is 5.10 Å². The molecular weight excluding hydrogens is 255 g/mol. The zero-order valence-corrected chi connectivity index (χ0v) is 7.69. The summed E-state index contributed by atoms with van der Waals surface area (Å²) in [6.45, 7) is 0. The number of pyridine rings is 1. The molecule has 0 atom stereocenters. The molecule has 0 fully saturated rings. The predicted octanol–water partition coefficient (Wildman–Crippen LogP) is 0.916. The molecule has 0 aromatic carbocycles. The Morgan fingerprint density at radius 3 is 3.18 bits per heavy atom. The average Bonchev–Trinajstić information content (AvgIpc) is 2.27. The number of nitrogens with zero attached hydrogens (tertiary/aromatic N) is 3. The van der Waals surface area contributed by atoms with Gasteiger partial charge in [0, 0.05) is 9.77 Å². The molecule has 0 aliphatic carbocycles. The van der Waals surface area contributed by atoms with Crippen LogP contribution in [-0.2, 0) is 0 Å². The summed E-state index contributed by atoms with van der Waals surface area (Å²) in [5, 5.41) is 3.93. The number of nitrogen functional groups attached to an aromatic ring is 1. The minimum absolute atomic E-state index is 0.312. The molecule has 0 aliphatic rings. The van der Waals surface area contributed by atoms with Gasteiger partial charge >= 0.3 is 0 Å². The zero-order valence-electron chi connectivity index (χ0n) is 5.53. The standard InChI is InChI=1S/C6H5IN4/c7-4-1-2-11-5(3-4)9-6(8)10-11/h1-3H,(H2,8,10). The lowest BCUT2D eigenvalue weighted by Gasteiger charge is -1.89. The Morgan fingerprint density at radius 2 is 2.36 bits per heavy atom. The smallest absolute Gasteiger partial charge is 0.240 e. The van der Waals surface area contributed by atoms with Crippen LogP contribution in [0, 0.1) is 3.57 Å². The first-order valence-electron chi connectivity index (χ1n) is 3.03. The Bertz CT molecular complexity index is 394. The van der Waals surface area contributed by atoms with Crippen LogP contribution in [0.2, 0.25) is 0 Å². The molecule has 0 unspecified atom stereocenters. The van der Waals surface area contributed by atoms with Crippen molar-refractivity contribution in [1.29, 1.82) is 0 Å². The molecule has 0 saturated heterocycles. The topological polar surface area (TPSA) is 56.2 Å². The molecule has 0 bridgehead atoms. The third kappa shape index (κ3) is 1.15. The molecule has 0 aliphatic heterocycles. The van der Waals surface area contributed by atoms with Crippen LogP contribution in [-0.4, -0.2) is 14.6 Å². The molecule has 2 rings (SSSR count). The maximum absolute atomic E-state index is 5.40. The Hall–Kier alpha value is -0.850. The van der Waals surface area contributed by atoms with Gasteiger partial charge in [-0.25, -0.2) is 4.52 Å². The third-order valence-corrected chi connectivity index (χ3v) is 1.99. The van der Waals surface area contributed by atoms with E-state index in [9.17, 15) is 0 Å². The monoisotopic (exact) mass is 260 g/mol. The Kier molecular flexibility index (Phi) is 1.45. The van der Waals surface area contributed by atoms with Gasteiger partial charge in [0.05, 0.1) is 0 Å². The van der Waals surface area contributed by atoms with Crippen LogP contribution < -0.4 is 5.73 Å². The normalized spacial score (nSPS) is 10.6. The lowest BCUT2D eigenvalue weighted by Crippen LogP contribution is -1.88. The number of nitrogens with two attached hydrogens (primary N) is 1. The van der Waals surface area contributed by atoms with Gasteiger partial charge in [-0.2, -0.15) is 4.98 Å². The quantitative estimate of drug-likeness (QED) is 0.716. The summed E-state index contributed by atoms with van der Waals surface area (Å²) in [6, 6.07) is 3.87. The van der Waals surface area contributed by atoms with Gasteiger partial charge in [-0.1, -0.05) is 0 Å². The summed E-state index contributed by atoms with van der Waals surface area (Å²) in [7, 11) is 0. The Labute approximate surface area is 76.6 Å². The van der Waals surface area contributed by atoms with E-state index >= 15 is 0 Å². The maximum atomic E-state index is 5.40. The molecule has 2 aromatic rings. The molecule has 2 heterocycles. The first-order valence-corrected chi connectivity index (χ1v) is 4.11. The highest BCUT2D eigenvalue weighted by Crippen LogP contribution is 2.07. The molecule has 4 nitrogen and oxygen atoms in total. The summed E-state index contributed by atoms with van der Waals surface area (Å²) in [5.41, 5.74) is 6.18. The van der Waals surface area contributed by atoms with E-state index in [1.165, 1.54) is 0 Å². The van der Waals surface area contributed by atoms with Crippen LogP contribution in [0.3, 0.4) is 0 Å². The third-order valence-electron chi connectivity index (χ3n) is 1.32. The maximum Gasteiger partial charge on any atom is 0.240 e. The number of rotatable bonds is 0. The van der Waals surface area contributed by atoms with Crippen molar-refractivity contribution in [3.63, 3.8) is 0 Å². The van der Waals surface area contributed by atoms with Gasteiger partial charge in [0.2, 0.25) is 5.95 Å². The molecule has 0 spiro atoms. The number of aromatic nitrogens is 3. The van der Waals surface area contributed by atoms with Crippen molar-refractivity contribution in [3.05, 3.63) is 21.9 Å². The van der Waals surface area contributed by atoms with Gasteiger partial charge in [-0.05, 0) is 34.7 Å². The number of anilines is 1. The minimum Gasteiger partial charge on any atom is -0.366 e. The molecule has 0 amide bonds. The van der Waals surface area contributed by atoms with Gasteiger partial charge in [0.1, 0.15) is 0 Å². The fourth-order valence-corrected chi connectivity index (χ4v) is 1.31. The van der Waals surface area contributed by atoms with Crippen molar-refractivity contribution >= 4 is 34.2 Å². The first-order chi connectivity index (χ1) is 5.25. The van der Waals surface area contributed by atoms with Crippen LogP contribution in [0.5, 0.6) is 0 Å². The van der Waals surface area contributed by atoms with Crippen LogP contribution >= 0.6 is 22.6 Å². The van der Waals surface area contributed by atoms with Gasteiger partial charge < -0.3 is 5.73 Å². The number of hydrogen-bond donors (Lipinski definition) is 1. The van der Waals surface area contributed by atoms with E-state index in [1.54, 1.807) is 4.52 Å². The summed E-state index contributed by atoms with van der Waals surface area (Å²) in [5.74, 6) is 0.312. The molecule has 56 valence electrons. The van der Waals surface area contributed by atoms with E-state index in [2.05, 4.69) is 32.7 Å². The largest absolute Gasteiger partial charge is 0.366 e. The highest BCUT2D eigenvalue weighted by molar-refractivity contribution is 14.1. The number of fused-ring (bicyclic) bond motifs is 1. The molecule has 11 heavy (non-hydrogen) atoms. The zero-order chi connectivity index (χ0) is 7.84. The molecule has 2 aromatic heterocycles. The molecule has 5 heteroatoms. The first kappa shape index (κ1) is 6.84. The second kappa shape index (κ2) is 2.33. The lowest BCUT2D eigenvalue weighted by molar-refractivity contribution is 0.966. The second-order valence-corrected chi connectivity index (χ2v) is 3.36. The van der Waals surface area contributed by atoms with Crippen molar-refractivity contribution in [2.75, 3.05) is 5.73 Å². The highest BCUT2D eigenvalue weighted by atomic mass is 127. The van der Waals surface area contributed by atoms with Crippen LogP contribution in [0.25, 0.3) is 5.65 Å². The van der Waals surface area contributed by atoms with E-state index < -0.39 is 0 Å². The van der Waals surface area contributed by atoms with Crippen molar-refractivity contribution in [3.8, 4) is 0 Å². The number of halogens is 1. The summed E-state index contributed by atoms with van der Waals surface area (Å²) < 4.78 is 2.78. The Balaban J connectivity index is 2.82. The SMILES string of the molecule is Nc1nc2cc(I)ccn2n1. The van der Waals surface area contributed by atoms with E-state index in [1.807, 2.05) is 18.3 Å². The van der Waals surface area contributed by atoms with E-state index in [4.69, 9.17) is 5.73 Å². The minimum atomic E-state index is 0.312. The van der Waals surface area contributed by atoms with E-state index in [-0.39, 0.29) is 0 Å². The molecule has 0 saturated carbocycles. The van der Waals surface area contributed by atoms with Crippen molar-refractivity contribution in [1.82, 2.24) is 14.6 Å². The van der Waals surface area contributed by atoms with Crippen LogP contribution in [0.4, 0.5) is 5.95 Å². The van der Waals surface area contributed by atoms with Gasteiger partial charge in [0.15, 0.2) is 5.65 Å². The molecule has 0 radical (unpaired) electrons.